The first-order valence-electron chi connectivity index (χ1n) is 4.46. The molecule has 2 heteroatoms. The van der Waals surface area contributed by atoms with Crippen molar-refractivity contribution in [3.63, 3.8) is 0 Å². The highest BCUT2D eigenvalue weighted by Crippen LogP contribution is 2.06. The van der Waals surface area contributed by atoms with Crippen LogP contribution in [-0.2, 0) is 0 Å². The van der Waals surface area contributed by atoms with Crippen LogP contribution < -0.4 is 5.32 Å². The summed E-state index contributed by atoms with van der Waals surface area (Å²) in [6.45, 7) is 7.44. The molecule has 0 aliphatic heterocycles. The Bertz CT molecular complexity index is 171. The Morgan fingerprint density at radius 3 is 2.50 bits per heavy atom. The maximum absolute atomic E-state index is 12.8. The van der Waals surface area contributed by atoms with Crippen molar-refractivity contribution in [3.05, 3.63) is 23.6 Å². The number of allylic oxidation sites excluding steroid dienone is 2. The van der Waals surface area contributed by atoms with Crippen molar-refractivity contribution < 1.29 is 4.39 Å². The van der Waals surface area contributed by atoms with Crippen molar-refractivity contribution in [3.8, 4) is 0 Å². The zero-order valence-electron chi connectivity index (χ0n) is 8.15. The molecule has 70 valence electrons. The molecule has 0 aromatic rings. The third-order valence-corrected chi connectivity index (χ3v) is 1.63. The van der Waals surface area contributed by atoms with Crippen LogP contribution in [-0.4, -0.2) is 13.1 Å². The van der Waals surface area contributed by atoms with Gasteiger partial charge in [0.2, 0.25) is 0 Å². The van der Waals surface area contributed by atoms with Gasteiger partial charge in [0.25, 0.3) is 0 Å². The van der Waals surface area contributed by atoms with Crippen LogP contribution >= 0.6 is 0 Å². The normalized spacial score (nSPS) is 13.7. The Morgan fingerprint density at radius 1 is 1.42 bits per heavy atom. The minimum atomic E-state index is -0.0546. The van der Waals surface area contributed by atoms with Gasteiger partial charge in [-0.15, -0.1) is 0 Å². The van der Waals surface area contributed by atoms with Crippen LogP contribution in [0.15, 0.2) is 23.6 Å². The zero-order valence-corrected chi connectivity index (χ0v) is 8.15. The van der Waals surface area contributed by atoms with E-state index in [2.05, 4.69) is 5.32 Å². The summed E-state index contributed by atoms with van der Waals surface area (Å²) in [7, 11) is 0. The van der Waals surface area contributed by atoms with E-state index in [1.807, 2.05) is 26.8 Å². The molecule has 0 fully saturated rings. The number of nitrogens with one attached hydrogen (secondary N) is 1. The first-order chi connectivity index (χ1) is 5.74. The highest BCUT2D eigenvalue weighted by atomic mass is 19.1. The Balaban J connectivity index is 4.00. The molecule has 0 aromatic heterocycles. The summed E-state index contributed by atoms with van der Waals surface area (Å²) < 4.78 is 12.8. The number of hydrogen-bond acceptors (Lipinski definition) is 1. The predicted molar refractivity (Wildman–Crippen MR) is 51.8 cm³/mol. The van der Waals surface area contributed by atoms with Crippen molar-refractivity contribution in [2.24, 2.45) is 0 Å². The molecule has 1 nitrogen and oxygen atoms in total. The highest BCUT2D eigenvalue weighted by Gasteiger charge is 1.93. The van der Waals surface area contributed by atoms with Gasteiger partial charge in [-0.1, -0.05) is 19.9 Å². The molecule has 0 heterocycles. The van der Waals surface area contributed by atoms with Crippen LogP contribution in [0.2, 0.25) is 0 Å². The van der Waals surface area contributed by atoms with E-state index in [9.17, 15) is 4.39 Å². The van der Waals surface area contributed by atoms with Gasteiger partial charge in [0, 0.05) is 6.54 Å². The summed E-state index contributed by atoms with van der Waals surface area (Å²) in [5.41, 5.74) is 1.01. The van der Waals surface area contributed by atoms with Crippen molar-refractivity contribution in [1.82, 2.24) is 5.32 Å². The molecule has 1 N–H and O–H groups in total. The van der Waals surface area contributed by atoms with Crippen molar-refractivity contribution in [2.75, 3.05) is 13.1 Å². The number of likely N-dealkylation sites (N-methyl/N-ethyl adjacent to an activating group) is 1. The van der Waals surface area contributed by atoms with Crippen LogP contribution in [0.5, 0.6) is 0 Å². The number of hydrogen-bond donors (Lipinski definition) is 1. The monoisotopic (exact) mass is 171 g/mol. The molecule has 0 amide bonds. The van der Waals surface area contributed by atoms with Crippen LogP contribution in [0.25, 0.3) is 0 Å². The average molecular weight is 171 g/mol. The fraction of sp³-hybridized carbons (Fsp3) is 0.600. The maximum Gasteiger partial charge on any atom is 0.0999 e. The molecular formula is C10H18FN. The lowest BCUT2D eigenvalue weighted by atomic mass is 10.2. The van der Waals surface area contributed by atoms with Gasteiger partial charge in [-0.25, -0.2) is 4.39 Å². The summed E-state index contributed by atoms with van der Waals surface area (Å²) in [6, 6.07) is 0. The van der Waals surface area contributed by atoms with Crippen LogP contribution in [0.1, 0.15) is 27.2 Å². The molecule has 0 spiro atoms. The Hall–Kier alpha value is -0.630. The standard InChI is InChI=1S/C10H18FN/c1-4-9(8-12-6-3)7-10(11)5-2/h4,7,12H,5-6,8H2,1-3H3/b9-4+,10-7+. The third kappa shape index (κ3) is 5.08. The molecule has 0 saturated carbocycles. The molecule has 0 saturated heterocycles. The van der Waals surface area contributed by atoms with E-state index in [1.165, 1.54) is 0 Å². The number of rotatable bonds is 5. The molecule has 0 unspecified atom stereocenters. The van der Waals surface area contributed by atoms with Crippen LogP contribution in [0.4, 0.5) is 4.39 Å². The van der Waals surface area contributed by atoms with Crippen molar-refractivity contribution in [2.45, 2.75) is 27.2 Å². The molecule has 0 aliphatic rings. The third-order valence-electron chi connectivity index (χ3n) is 1.63. The second-order valence-electron chi connectivity index (χ2n) is 2.59. The van der Waals surface area contributed by atoms with Crippen molar-refractivity contribution in [1.29, 1.82) is 0 Å². The van der Waals surface area contributed by atoms with Crippen LogP contribution in [0, 0.1) is 0 Å². The minimum absolute atomic E-state index is 0.0546. The molecule has 0 atom stereocenters. The van der Waals surface area contributed by atoms with Crippen LogP contribution in [0.3, 0.4) is 0 Å². The SMILES string of the molecule is C/C=C(\C=C(\F)CC)CNCC. The van der Waals surface area contributed by atoms with E-state index in [4.69, 9.17) is 0 Å². The van der Waals surface area contributed by atoms with Crippen molar-refractivity contribution >= 4 is 0 Å². The van der Waals surface area contributed by atoms with E-state index in [0.29, 0.717) is 6.42 Å². The lowest BCUT2D eigenvalue weighted by Gasteiger charge is -2.02. The molecule has 0 bridgehead atoms. The second kappa shape index (κ2) is 7.04. The predicted octanol–water partition coefficient (Wildman–Crippen LogP) is 2.81. The highest BCUT2D eigenvalue weighted by molar-refractivity contribution is 5.21. The van der Waals surface area contributed by atoms with E-state index < -0.39 is 0 Å². The second-order valence-corrected chi connectivity index (χ2v) is 2.59. The zero-order chi connectivity index (χ0) is 9.40. The molecule has 0 aromatic carbocycles. The quantitative estimate of drug-likeness (QED) is 0.627. The molecular weight excluding hydrogens is 153 g/mol. The lowest BCUT2D eigenvalue weighted by molar-refractivity contribution is 0.602. The van der Waals surface area contributed by atoms with Gasteiger partial charge in [0.1, 0.15) is 0 Å². The fourth-order valence-corrected chi connectivity index (χ4v) is 0.809. The molecule has 0 aliphatic carbocycles. The Morgan fingerprint density at radius 2 is 2.08 bits per heavy atom. The first-order valence-corrected chi connectivity index (χ1v) is 4.46. The van der Waals surface area contributed by atoms with Gasteiger partial charge in [0.15, 0.2) is 0 Å². The van der Waals surface area contributed by atoms with E-state index >= 15 is 0 Å². The lowest BCUT2D eigenvalue weighted by Crippen LogP contribution is -2.15. The topological polar surface area (TPSA) is 12.0 Å². The Kier molecular flexibility index (Phi) is 6.67. The molecule has 0 radical (unpaired) electrons. The van der Waals surface area contributed by atoms with Gasteiger partial charge in [0.05, 0.1) is 5.83 Å². The maximum atomic E-state index is 12.8. The summed E-state index contributed by atoms with van der Waals surface area (Å²) in [6.07, 6.45) is 4.00. The summed E-state index contributed by atoms with van der Waals surface area (Å²) >= 11 is 0. The fourth-order valence-electron chi connectivity index (χ4n) is 0.809. The Labute approximate surface area is 74.4 Å². The average Bonchev–Trinajstić information content (AvgIpc) is 2.11. The van der Waals surface area contributed by atoms with Gasteiger partial charge < -0.3 is 5.32 Å². The smallest absolute Gasteiger partial charge is 0.0999 e. The van der Waals surface area contributed by atoms with Gasteiger partial charge in [-0.05, 0) is 31.5 Å². The van der Waals surface area contributed by atoms with E-state index in [0.717, 1.165) is 18.7 Å². The minimum Gasteiger partial charge on any atom is -0.313 e. The molecule has 12 heavy (non-hydrogen) atoms. The first kappa shape index (κ1) is 11.4. The van der Waals surface area contributed by atoms with Gasteiger partial charge >= 0.3 is 0 Å². The summed E-state index contributed by atoms with van der Waals surface area (Å²) in [5, 5.41) is 3.15. The number of halogens is 1. The summed E-state index contributed by atoms with van der Waals surface area (Å²) in [5.74, 6) is -0.0546. The largest absolute Gasteiger partial charge is 0.313 e. The van der Waals surface area contributed by atoms with Gasteiger partial charge in [-0.3, -0.25) is 0 Å². The van der Waals surface area contributed by atoms with Gasteiger partial charge in [-0.2, -0.15) is 0 Å². The van der Waals surface area contributed by atoms with E-state index in [1.54, 1.807) is 6.08 Å². The molecule has 0 rings (SSSR count). The van der Waals surface area contributed by atoms with E-state index in [-0.39, 0.29) is 5.83 Å². The summed E-state index contributed by atoms with van der Waals surface area (Å²) in [4.78, 5) is 0.